The Hall–Kier alpha value is -2.89. The van der Waals surface area contributed by atoms with Gasteiger partial charge in [0.05, 0.1) is 13.2 Å². The maximum absolute atomic E-state index is 12.9. The maximum Gasteiger partial charge on any atom is 0.185 e. The van der Waals surface area contributed by atoms with Crippen LogP contribution in [0.25, 0.3) is 12.2 Å². The van der Waals surface area contributed by atoms with E-state index < -0.39 is 0 Å². The number of ketones is 1. The second-order valence-electron chi connectivity index (χ2n) is 7.00. The first kappa shape index (κ1) is 21.8. The second-order valence-corrected chi connectivity index (χ2v) is 7.00. The van der Waals surface area contributed by atoms with E-state index in [1.54, 1.807) is 14.2 Å². The second kappa shape index (κ2) is 11.3. The minimum atomic E-state index is 0.103. The molecule has 0 saturated heterocycles. The van der Waals surface area contributed by atoms with E-state index in [9.17, 15) is 4.79 Å². The Balaban J connectivity index is 1.68. The molecule has 5 nitrogen and oxygen atoms in total. The van der Waals surface area contributed by atoms with Crippen LogP contribution in [0.2, 0.25) is 0 Å². The molecule has 0 heterocycles. The number of carbonyl (C=O) groups excluding carboxylic acids is 1. The summed E-state index contributed by atoms with van der Waals surface area (Å²) in [5.41, 5.74) is 3.57. The molecule has 0 atom stereocenters. The zero-order valence-electron chi connectivity index (χ0n) is 17.6. The van der Waals surface area contributed by atoms with E-state index in [1.165, 1.54) is 0 Å². The molecular formula is C25H28O5. The highest BCUT2D eigenvalue weighted by Gasteiger charge is 2.23. The number of hydrogen-bond donors (Lipinski definition) is 0. The Morgan fingerprint density at radius 3 is 1.63 bits per heavy atom. The van der Waals surface area contributed by atoms with Crippen LogP contribution in [0.4, 0.5) is 0 Å². The van der Waals surface area contributed by atoms with Crippen molar-refractivity contribution in [3.8, 4) is 11.5 Å². The molecule has 1 saturated carbocycles. The third kappa shape index (κ3) is 6.31. The summed E-state index contributed by atoms with van der Waals surface area (Å²) in [5.74, 6) is 1.65. The van der Waals surface area contributed by atoms with Gasteiger partial charge in [0.15, 0.2) is 5.78 Å². The molecule has 30 heavy (non-hydrogen) atoms. The van der Waals surface area contributed by atoms with Crippen molar-refractivity contribution in [1.82, 2.24) is 0 Å². The Morgan fingerprint density at radius 2 is 1.20 bits per heavy atom. The van der Waals surface area contributed by atoms with Gasteiger partial charge in [0.1, 0.15) is 24.7 Å². The van der Waals surface area contributed by atoms with Crippen LogP contribution < -0.4 is 9.47 Å². The topological polar surface area (TPSA) is 54.0 Å². The van der Waals surface area contributed by atoms with Crippen LogP contribution >= 0.6 is 0 Å². The summed E-state index contributed by atoms with van der Waals surface area (Å²) in [6.45, 7) is 2.07. The SMILES string of the molecule is COCCOc1cccc(/C=C2\CC/C(=C\c3cccc(OCCOC)c3)C2=O)c1. The van der Waals surface area contributed by atoms with Crippen LogP contribution in [0.3, 0.4) is 0 Å². The van der Waals surface area contributed by atoms with Gasteiger partial charge < -0.3 is 18.9 Å². The van der Waals surface area contributed by atoms with Gasteiger partial charge in [0.25, 0.3) is 0 Å². The number of hydrogen-bond acceptors (Lipinski definition) is 5. The van der Waals surface area contributed by atoms with Crippen molar-refractivity contribution in [1.29, 1.82) is 0 Å². The average Bonchev–Trinajstić information content (AvgIpc) is 3.08. The maximum atomic E-state index is 12.9. The molecule has 1 fully saturated rings. The van der Waals surface area contributed by atoms with E-state index in [0.29, 0.717) is 26.4 Å². The van der Waals surface area contributed by atoms with Crippen molar-refractivity contribution in [3.05, 3.63) is 70.8 Å². The van der Waals surface area contributed by atoms with Crippen molar-refractivity contribution < 1.29 is 23.7 Å². The van der Waals surface area contributed by atoms with Gasteiger partial charge in [0, 0.05) is 25.4 Å². The number of benzene rings is 2. The molecule has 2 aromatic rings. The lowest BCUT2D eigenvalue weighted by molar-refractivity contribution is -0.111. The van der Waals surface area contributed by atoms with E-state index in [1.807, 2.05) is 60.7 Å². The summed E-state index contributed by atoms with van der Waals surface area (Å²) < 4.78 is 21.3. The average molecular weight is 408 g/mol. The van der Waals surface area contributed by atoms with Crippen LogP contribution in [0, 0.1) is 0 Å². The normalized spacial score (nSPS) is 16.4. The molecule has 0 unspecified atom stereocenters. The number of carbonyl (C=O) groups is 1. The van der Waals surface area contributed by atoms with Gasteiger partial charge in [0.2, 0.25) is 0 Å². The van der Waals surface area contributed by atoms with Gasteiger partial charge in [-0.3, -0.25) is 4.79 Å². The molecule has 0 aromatic heterocycles. The molecular weight excluding hydrogens is 380 g/mol. The monoisotopic (exact) mass is 408 g/mol. The Labute approximate surface area is 177 Å². The molecule has 0 bridgehead atoms. The number of methoxy groups -OCH3 is 2. The summed E-state index contributed by atoms with van der Waals surface area (Å²) in [5, 5.41) is 0. The first-order chi connectivity index (χ1) is 14.7. The number of ether oxygens (including phenoxy) is 4. The molecule has 0 amide bonds. The quantitative estimate of drug-likeness (QED) is 0.426. The van der Waals surface area contributed by atoms with Crippen LogP contribution in [0.1, 0.15) is 24.0 Å². The smallest absolute Gasteiger partial charge is 0.185 e. The molecule has 1 aliphatic rings. The van der Waals surface area contributed by atoms with Crippen molar-refractivity contribution in [2.75, 3.05) is 40.6 Å². The van der Waals surface area contributed by atoms with Crippen molar-refractivity contribution in [2.45, 2.75) is 12.8 Å². The zero-order chi connectivity index (χ0) is 21.2. The lowest BCUT2D eigenvalue weighted by Gasteiger charge is -2.06. The molecule has 1 aliphatic carbocycles. The fourth-order valence-corrected chi connectivity index (χ4v) is 3.25. The van der Waals surface area contributed by atoms with Gasteiger partial charge in [-0.1, -0.05) is 24.3 Å². The highest BCUT2D eigenvalue weighted by Crippen LogP contribution is 2.30. The zero-order valence-corrected chi connectivity index (χ0v) is 17.6. The molecule has 158 valence electrons. The molecule has 3 rings (SSSR count). The fourth-order valence-electron chi connectivity index (χ4n) is 3.25. The van der Waals surface area contributed by atoms with Crippen LogP contribution in [-0.2, 0) is 14.3 Å². The summed E-state index contributed by atoms with van der Waals surface area (Å²) in [6, 6.07) is 15.5. The van der Waals surface area contributed by atoms with Crippen LogP contribution in [0.15, 0.2) is 59.7 Å². The summed E-state index contributed by atoms with van der Waals surface area (Å²) in [4.78, 5) is 12.9. The largest absolute Gasteiger partial charge is 0.491 e. The van der Waals surface area contributed by atoms with E-state index >= 15 is 0 Å². The van der Waals surface area contributed by atoms with E-state index in [4.69, 9.17) is 18.9 Å². The Kier molecular flexibility index (Phi) is 8.24. The lowest BCUT2D eigenvalue weighted by Crippen LogP contribution is -2.04. The standard InChI is InChI=1S/C25H28O5/c1-27-11-13-29-23-7-3-5-19(17-23)15-21-9-10-22(25(21)26)16-20-6-4-8-24(18-20)30-14-12-28-2/h3-8,15-18H,9-14H2,1-2H3/b21-15+,22-16+. The summed E-state index contributed by atoms with van der Waals surface area (Å²) in [6.07, 6.45) is 5.39. The van der Waals surface area contributed by atoms with Gasteiger partial charge in [-0.05, 0) is 60.4 Å². The highest BCUT2D eigenvalue weighted by molar-refractivity contribution is 6.15. The van der Waals surface area contributed by atoms with Crippen molar-refractivity contribution >= 4 is 17.9 Å². The van der Waals surface area contributed by atoms with Crippen molar-refractivity contribution in [2.24, 2.45) is 0 Å². The fraction of sp³-hybridized carbons (Fsp3) is 0.320. The minimum absolute atomic E-state index is 0.103. The third-order valence-electron chi connectivity index (χ3n) is 4.76. The predicted molar refractivity (Wildman–Crippen MR) is 118 cm³/mol. The molecule has 0 aliphatic heterocycles. The molecule has 0 spiro atoms. The minimum Gasteiger partial charge on any atom is -0.491 e. The Bertz CT molecular complexity index is 840. The summed E-state index contributed by atoms with van der Waals surface area (Å²) in [7, 11) is 3.29. The third-order valence-corrected chi connectivity index (χ3v) is 4.76. The van der Waals surface area contributed by atoms with Crippen LogP contribution in [0.5, 0.6) is 11.5 Å². The molecule has 2 aromatic carbocycles. The molecule has 0 radical (unpaired) electrons. The van der Waals surface area contributed by atoms with Crippen LogP contribution in [-0.4, -0.2) is 46.4 Å². The molecule has 5 heteroatoms. The number of rotatable bonds is 10. The van der Waals surface area contributed by atoms with E-state index in [-0.39, 0.29) is 5.78 Å². The molecule has 0 N–H and O–H groups in total. The van der Waals surface area contributed by atoms with E-state index in [2.05, 4.69) is 0 Å². The predicted octanol–water partition coefficient (Wildman–Crippen LogP) is 4.57. The Morgan fingerprint density at radius 1 is 0.733 bits per heavy atom. The van der Waals surface area contributed by atoms with Gasteiger partial charge in [-0.15, -0.1) is 0 Å². The highest BCUT2D eigenvalue weighted by atomic mass is 16.5. The van der Waals surface area contributed by atoms with Gasteiger partial charge in [-0.25, -0.2) is 0 Å². The van der Waals surface area contributed by atoms with Gasteiger partial charge in [-0.2, -0.15) is 0 Å². The van der Waals surface area contributed by atoms with Crippen molar-refractivity contribution in [3.63, 3.8) is 0 Å². The number of allylic oxidation sites excluding steroid dienone is 2. The summed E-state index contributed by atoms with van der Waals surface area (Å²) >= 11 is 0. The lowest BCUT2D eigenvalue weighted by atomic mass is 10.1. The van der Waals surface area contributed by atoms with E-state index in [0.717, 1.165) is 46.6 Å². The first-order valence-electron chi connectivity index (χ1n) is 10.1. The number of Topliss-reactive ketones (excluding diaryl/α,β-unsaturated/α-hetero) is 1. The van der Waals surface area contributed by atoms with Gasteiger partial charge >= 0.3 is 0 Å². The first-order valence-corrected chi connectivity index (χ1v) is 10.1.